The number of hydrogen-bond donors (Lipinski definition) is 4. The first kappa shape index (κ1) is 27.2. The van der Waals surface area contributed by atoms with Crippen LogP contribution in [0.2, 0.25) is 0 Å². The zero-order valence-corrected chi connectivity index (χ0v) is 22.1. The Hall–Kier alpha value is -1.86. The van der Waals surface area contributed by atoms with E-state index in [1.165, 1.54) is 0 Å². The van der Waals surface area contributed by atoms with Gasteiger partial charge in [-0.15, -0.1) is 0 Å². The average molecular weight is 501 g/mol. The molecule has 1 aromatic carbocycles. The van der Waals surface area contributed by atoms with Crippen LogP contribution >= 0.6 is 0 Å². The van der Waals surface area contributed by atoms with Gasteiger partial charge in [0.1, 0.15) is 6.10 Å². The Labute approximate surface area is 213 Å². The lowest BCUT2D eigenvalue weighted by atomic mass is 9.39. The van der Waals surface area contributed by atoms with Crippen molar-refractivity contribution in [2.75, 3.05) is 6.61 Å². The molecule has 2 saturated carbocycles. The van der Waals surface area contributed by atoms with Crippen molar-refractivity contribution >= 4 is 6.15 Å². The van der Waals surface area contributed by atoms with Crippen molar-refractivity contribution in [1.82, 2.24) is 0 Å². The Balaban J connectivity index is 0.000000967. The van der Waals surface area contributed by atoms with Crippen molar-refractivity contribution in [3.05, 3.63) is 47.0 Å². The molecule has 1 aliphatic heterocycles. The third-order valence-corrected chi connectivity index (χ3v) is 10.6. The lowest BCUT2D eigenvalue weighted by Gasteiger charge is -2.70. The first-order valence-corrected chi connectivity index (χ1v) is 12.9. The standard InChI is InChI=1S/C28H40O5.CO2/c1-15-13-28(32)21(17-10-8-7-9-11-17)23-26(5)14-33-19(26)12-18(29)27(23,6)24(31)22(30)20(16(15)2)25(28,3)4;2-1-3/h7-11,15,18-19,21-24,29-32H,12-14H2,1-6H3;/t15-,18-,19+,21-,22+,23?,24-,26+,27+,28+;/m0./s1. The summed E-state index contributed by atoms with van der Waals surface area (Å²) < 4.78 is 5.95. The highest BCUT2D eigenvalue weighted by Gasteiger charge is 2.73. The van der Waals surface area contributed by atoms with Gasteiger partial charge in [0, 0.05) is 28.6 Å². The summed E-state index contributed by atoms with van der Waals surface area (Å²) in [6.07, 6.45) is -2.09. The Bertz CT molecular complexity index is 1060. The molecule has 36 heavy (non-hydrogen) atoms. The molecule has 3 aliphatic carbocycles. The van der Waals surface area contributed by atoms with Gasteiger partial charge < -0.3 is 25.2 Å². The number of carbonyl (C=O) groups excluding carboxylic acids is 2. The average Bonchev–Trinajstić information content (AvgIpc) is 2.82. The van der Waals surface area contributed by atoms with Gasteiger partial charge in [0.2, 0.25) is 0 Å². The van der Waals surface area contributed by atoms with Crippen LogP contribution in [0.4, 0.5) is 0 Å². The number of rotatable bonds is 1. The molecule has 0 aromatic heterocycles. The topological polar surface area (TPSA) is 124 Å². The van der Waals surface area contributed by atoms with Gasteiger partial charge in [0.05, 0.1) is 30.5 Å². The van der Waals surface area contributed by atoms with Crippen molar-refractivity contribution in [2.45, 2.75) is 90.3 Å². The zero-order valence-electron chi connectivity index (χ0n) is 22.1. The largest absolute Gasteiger partial charge is 0.392 e. The number of aliphatic hydroxyl groups excluding tert-OH is 3. The molecule has 4 aliphatic rings. The van der Waals surface area contributed by atoms with Gasteiger partial charge in [-0.25, -0.2) is 0 Å². The molecule has 7 heteroatoms. The number of hydrogen-bond acceptors (Lipinski definition) is 7. The summed E-state index contributed by atoms with van der Waals surface area (Å²) in [5.41, 5.74) is -0.544. The van der Waals surface area contributed by atoms with Crippen molar-refractivity contribution in [1.29, 1.82) is 0 Å². The van der Waals surface area contributed by atoms with Crippen LogP contribution in [0, 0.1) is 28.1 Å². The van der Waals surface area contributed by atoms with Crippen LogP contribution < -0.4 is 0 Å². The van der Waals surface area contributed by atoms with E-state index in [4.69, 9.17) is 14.3 Å². The quantitative estimate of drug-likeness (QED) is 0.437. The summed E-state index contributed by atoms with van der Waals surface area (Å²) in [7, 11) is 0. The van der Waals surface area contributed by atoms with Crippen LogP contribution in [0.3, 0.4) is 0 Å². The molecule has 4 N–H and O–H groups in total. The molecule has 0 amide bonds. The second-order valence-electron chi connectivity index (χ2n) is 12.5. The minimum Gasteiger partial charge on any atom is -0.392 e. The van der Waals surface area contributed by atoms with Crippen LogP contribution in [0.1, 0.15) is 65.9 Å². The van der Waals surface area contributed by atoms with E-state index >= 15 is 0 Å². The maximum atomic E-state index is 12.9. The van der Waals surface area contributed by atoms with E-state index in [2.05, 4.69) is 26.0 Å². The fraction of sp³-hybridized carbons (Fsp3) is 0.690. The highest BCUT2D eigenvalue weighted by Crippen LogP contribution is 2.70. The molecular formula is C29H40O7. The molecule has 1 saturated heterocycles. The van der Waals surface area contributed by atoms with Crippen LogP contribution in [0.15, 0.2) is 41.5 Å². The molecule has 3 fully saturated rings. The van der Waals surface area contributed by atoms with Crippen molar-refractivity contribution in [2.24, 2.45) is 28.1 Å². The summed E-state index contributed by atoms with van der Waals surface area (Å²) in [5, 5.41) is 48.0. The number of allylic oxidation sites excluding steroid dienone is 1. The minimum absolute atomic E-state index is 0.0604. The predicted molar refractivity (Wildman–Crippen MR) is 131 cm³/mol. The molecule has 2 bridgehead atoms. The Kier molecular flexibility index (Phi) is 6.69. The molecule has 0 spiro atoms. The molecular weight excluding hydrogens is 460 g/mol. The first-order chi connectivity index (χ1) is 16.7. The number of benzene rings is 1. The Morgan fingerprint density at radius 2 is 1.61 bits per heavy atom. The normalized spacial score (nSPS) is 47.0. The van der Waals surface area contributed by atoms with E-state index in [0.717, 1.165) is 16.7 Å². The fourth-order valence-corrected chi connectivity index (χ4v) is 8.47. The van der Waals surface area contributed by atoms with Crippen LogP contribution in [-0.2, 0) is 14.3 Å². The third-order valence-electron chi connectivity index (χ3n) is 10.6. The molecule has 0 radical (unpaired) electrons. The first-order valence-electron chi connectivity index (χ1n) is 12.9. The third kappa shape index (κ3) is 3.37. The van der Waals surface area contributed by atoms with E-state index in [1.54, 1.807) is 0 Å². The molecule has 7 nitrogen and oxygen atoms in total. The van der Waals surface area contributed by atoms with Gasteiger partial charge in [-0.05, 0) is 36.3 Å². The smallest absolute Gasteiger partial charge is 0.373 e. The summed E-state index contributed by atoms with van der Waals surface area (Å²) in [5.74, 6) is -0.584. The molecule has 1 aromatic rings. The molecule has 1 heterocycles. The second-order valence-corrected chi connectivity index (χ2v) is 12.5. The maximum Gasteiger partial charge on any atom is 0.373 e. The monoisotopic (exact) mass is 500 g/mol. The minimum atomic E-state index is -1.18. The van der Waals surface area contributed by atoms with Crippen LogP contribution in [0.25, 0.3) is 0 Å². The van der Waals surface area contributed by atoms with Gasteiger partial charge in [0.15, 0.2) is 0 Å². The molecule has 198 valence electrons. The Morgan fingerprint density at radius 1 is 1.03 bits per heavy atom. The maximum absolute atomic E-state index is 12.9. The van der Waals surface area contributed by atoms with Crippen molar-refractivity contribution < 1.29 is 34.8 Å². The molecule has 1 unspecified atom stereocenters. The van der Waals surface area contributed by atoms with Gasteiger partial charge in [0.25, 0.3) is 0 Å². The second kappa shape index (κ2) is 8.87. The lowest BCUT2D eigenvalue weighted by molar-refractivity contribution is -0.319. The summed E-state index contributed by atoms with van der Waals surface area (Å²) in [4.78, 5) is 16.2. The fourth-order valence-electron chi connectivity index (χ4n) is 8.47. The highest BCUT2D eigenvalue weighted by molar-refractivity contribution is 5.42. The van der Waals surface area contributed by atoms with Gasteiger partial charge >= 0.3 is 6.15 Å². The Morgan fingerprint density at radius 3 is 2.14 bits per heavy atom. The number of ether oxygens (including phenoxy) is 1. The van der Waals surface area contributed by atoms with E-state index < -0.39 is 34.7 Å². The van der Waals surface area contributed by atoms with Gasteiger partial charge in [-0.2, -0.15) is 9.59 Å². The molecule has 10 atom stereocenters. The van der Waals surface area contributed by atoms with E-state index in [0.29, 0.717) is 19.4 Å². The SMILES string of the molecule is CC1=C2[C@@H](O)[C@H](O)[C@@]3(C)C([C@H](c4ccccc4)[C@](O)(C[C@@H]1C)C2(C)C)[C@]1(C)CO[C@@H]1C[C@@H]3O.O=C=O. The summed E-state index contributed by atoms with van der Waals surface area (Å²) in [6, 6.07) is 10.1. The van der Waals surface area contributed by atoms with Gasteiger partial charge in [-0.3, -0.25) is 0 Å². The van der Waals surface area contributed by atoms with Crippen molar-refractivity contribution in [3.8, 4) is 0 Å². The number of fused-ring (bicyclic) bond motifs is 5. The van der Waals surface area contributed by atoms with E-state index in [9.17, 15) is 20.4 Å². The van der Waals surface area contributed by atoms with Gasteiger partial charge in [-0.1, -0.05) is 70.5 Å². The van der Waals surface area contributed by atoms with E-state index in [-0.39, 0.29) is 35.4 Å². The highest BCUT2D eigenvalue weighted by atomic mass is 16.5. The van der Waals surface area contributed by atoms with Crippen LogP contribution in [0.5, 0.6) is 0 Å². The lowest BCUT2D eigenvalue weighted by Crippen LogP contribution is -2.75. The van der Waals surface area contributed by atoms with Crippen LogP contribution in [-0.4, -0.2) is 63.2 Å². The summed E-state index contributed by atoms with van der Waals surface area (Å²) >= 11 is 0. The van der Waals surface area contributed by atoms with E-state index in [1.807, 2.05) is 45.9 Å². The molecule has 5 rings (SSSR count). The predicted octanol–water partition coefficient (Wildman–Crippen LogP) is 2.83. The zero-order chi connectivity index (χ0) is 26.8. The summed E-state index contributed by atoms with van der Waals surface area (Å²) in [6.45, 7) is 12.8. The van der Waals surface area contributed by atoms with Crippen molar-refractivity contribution in [3.63, 3.8) is 0 Å². The number of aliphatic hydroxyl groups is 4.